The number of carbonyl (C=O) groups excluding carboxylic acids is 1. The summed E-state index contributed by atoms with van der Waals surface area (Å²) in [5, 5.41) is 0. The van der Waals surface area contributed by atoms with Crippen LogP contribution in [0.3, 0.4) is 0 Å². The van der Waals surface area contributed by atoms with Crippen LogP contribution in [0.4, 0.5) is 0 Å². The fraction of sp³-hybridized carbons (Fsp3) is 0.933. The third-order valence-corrected chi connectivity index (χ3v) is 5.07. The number of carbonyl (C=O) groups is 1. The maximum Gasteiger partial charge on any atom is 0.229 e. The third kappa shape index (κ3) is 1.80. The quantitative estimate of drug-likeness (QED) is 0.737. The molecule has 0 aliphatic carbocycles. The second-order valence-electron chi connectivity index (χ2n) is 7.00. The van der Waals surface area contributed by atoms with Gasteiger partial charge < -0.3 is 4.90 Å². The lowest BCUT2D eigenvalue weighted by Gasteiger charge is -2.46. The zero-order valence-corrected chi connectivity index (χ0v) is 12.8. The first-order valence-corrected chi connectivity index (χ1v) is 6.90. The molecule has 1 heterocycles. The van der Waals surface area contributed by atoms with Crippen molar-refractivity contribution >= 4 is 5.91 Å². The van der Waals surface area contributed by atoms with Crippen LogP contribution in [0.15, 0.2) is 0 Å². The van der Waals surface area contributed by atoms with Crippen LogP contribution >= 0.6 is 0 Å². The molecule has 0 aromatic rings. The highest BCUT2D eigenvalue weighted by molar-refractivity contribution is 5.86. The van der Waals surface area contributed by atoms with E-state index >= 15 is 0 Å². The van der Waals surface area contributed by atoms with E-state index in [1.807, 2.05) is 0 Å². The number of amides is 1. The number of hydrogen-bond acceptors (Lipinski definition) is 1. The molecule has 2 heteroatoms. The Morgan fingerprint density at radius 3 is 1.59 bits per heavy atom. The van der Waals surface area contributed by atoms with Gasteiger partial charge in [-0.2, -0.15) is 0 Å². The van der Waals surface area contributed by atoms with E-state index in [0.29, 0.717) is 23.8 Å². The van der Waals surface area contributed by atoms with Crippen LogP contribution in [-0.4, -0.2) is 23.4 Å². The van der Waals surface area contributed by atoms with Crippen molar-refractivity contribution in [1.82, 2.24) is 4.90 Å². The van der Waals surface area contributed by atoms with Gasteiger partial charge in [0, 0.05) is 18.0 Å². The van der Waals surface area contributed by atoms with Gasteiger partial charge in [0.1, 0.15) is 0 Å². The molecule has 0 radical (unpaired) electrons. The Bertz CT molecular complexity index is 294. The van der Waals surface area contributed by atoms with Crippen LogP contribution in [0.5, 0.6) is 0 Å². The predicted octanol–water partition coefficient (Wildman–Crippen LogP) is 3.56. The van der Waals surface area contributed by atoms with Gasteiger partial charge in [-0.15, -0.1) is 0 Å². The molecule has 1 rings (SSSR count). The second-order valence-corrected chi connectivity index (χ2v) is 7.00. The Balaban J connectivity index is 3.29. The number of rotatable bonds is 3. The highest BCUT2D eigenvalue weighted by atomic mass is 16.2. The van der Waals surface area contributed by atoms with E-state index in [9.17, 15) is 4.79 Å². The molecule has 17 heavy (non-hydrogen) atoms. The van der Waals surface area contributed by atoms with Crippen molar-refractivity contribution in [2.45, 2.75) is 61.4 Å². The average molecular weight is 239 g/mol. The van der Waals surface area contributed by atoms with Crippen molar-refractivity contribution in [2.75, 3.05) is 6.54 Å². The predicted molar refractivity (Wildman–Crippen MR) is 72.7 cm³/mol. The summed E-state index contributed by atoms with van der Waals surface area (Å²) in [7, 11) is 0. The van der Waals surface area contributed by atoms with Crippen molar-refractivity contribution < 1.29 is 4.79 Å². The molecule has 0 unspecified atom stereocenters. The van der Waals surface area contributed by atoms with Crippen LogP contribution in [0.2, 0.25) is 0 Å². The highest BCUT2D eigenvalue weighted by Crippen LogP contribution is 2.56. The normalized spacial score (nSPS) is 23.2. The van der Waals surface area contributed by atoms with Gasteiger partial charge >= 0.3 is 0 Å². The molecule has 0 spiro atoms. The van der Waals surface area contributed by atoms with Crippen molar-refractivity contribution in [3.63, 3.8) is 0 Å². The molecule has 1 saturated heterocycles. The lowest BCUT2D eigenvalue weighted by Crippen LogP contribution is -2.46. The Labute approximate surface area is 107 Å². The molecule has 1 aliphatic heterocycles. The van der Waals surface area contributed by atoms with E-state index in [1.54, 1.807) is 0 Å². The largest absolute Gasteiger partial charge is 0.339 e. The molecule has 1 fully saturated rings. The van der Waals surface area contributed by atoms with Crippen LogP contribution in [-0.2, 0) is 4.79 Å². The fourth-order valence-electron chi connectivity index (χ4n) is 4.00. The first kappa shape index (κ1) is 14.5. The molecular formula is C15H29NO. The Morgan fingerprint density at radius 1 is 1.00 bits per heavy atom. The van der Waals surface area contributed by atoms with Crippen LogP contribution < -0.4 is 0 Å². The van der Waals surface area contributed by atoms with Gasteiger partial charge in [0.05, 0.1) is 5.41 Å². The maximum absolute atomic E-state index is 12.6. The number of likely N-dealkylation sites (tertiary alicyclic amines) is 1. The Hall–Kier alpha value is -0.530. The number of nitrogens with zero attached hydrogens (tertiary/aromatic N) is 1. The van der Waals surface area contributed by atoms with Crippen molar-refractivity contribution in [3.8, 4) is 0 Å². The summed E-state index contributed by atoms with van der Waals surface area (Å²) in [5.41, 5.74) is -0.159. The molecule has 2 nitrogen and oxygen atoms in total. The summed E-state index contributed by atoms with van der Waals surface area (Å²) in [4.78, 5) is 14.7. The van der Waals surface area contributed by atoms with Gasteiger partial charge in [0.2, 0.25) is 5.91 Å². The topological polar surface area (TPSA) is 20.3 Å². The maximum atomic E-state index is 12.6. The highest BCUT2D eigenvalue weighted by Gasteiger charge is 2.60. The molecule has 0 aromatic heterocycles. The van der Waals surface area contributed by atoms with Gasteiger partial charge in [-0.25, -0.2) is 0 Å². The van der Waals surface area contributed by atoms with Gasteiger partial charge in [0.25, 0.3) is 0 Å². The minimum atomic E-state index is -0.250. The minimum absolute atomic E-state index is 0.0916. The van der Waals surface area contributed by atoms with E-state index in [-0.39, 0.29) is 10.8 Å². The lowest BCUT2D eigenvalue weighted by atomic mass is 9.56. The molecule has 0 atom stereocenters. The second kappa shape index (κ2) is 4.29. The smallest absolute Gasteiger partial charge is 0.229 e. The van der Waals surface area contributed by atoms with Crippen LogP contribution in [0, 0.1) is 22.7 Å². The van der Waals surface area contributed by atoms with Crippen LogP contribution in [0.1, 0.15) is 55.4 Å². The van der Waals surface area contributed by atoms with Gasteiger partial charge in [-0.3, -0.25) is 4.79 Å². The van der Waals surface area contributed by atoms with E-state index in [0.717, 1.165) is 6.54 Å². The van der Waals surface area contributed by atoms with Crippen molar-refractivity contribution in [3.05, 3.63) is 0 Å². The summed E-state index contributed by atoms with van der Waals surface area (Å²) >= 11 is 0. The molecule has 0 N–H and O–H groups in total. The molecule has 0 saturated carbocycles. The summed E-state index contributed by atoms with van der Waals surface area (Å²) < 4.78 is 0. The molecular weight excluding hydrogens is 210 g/mol. The lowest BCUT2D eigenvalue weighted by molar-refractivity contribution is -0.139. The standard InChI is InChI=1S/C15H29NO/c1-10(2)15(11(3)4)9-16(12(5)6)13(17)14(15,7)8/h10-12H,9H2,1-8H3. The molecule has 1 amide bonds. The van der Waals surface area contributed by atoms with Gasteiger partial charge in [0.15, 0.2) is 0 Å². The molecule has 0 aromatic carbocycles. The number of hydrogen-bond donors (Lipinski definition) is 0. The minimum Gasteiger partial charge on any atom is -0.339 e. The first-order chi connectivity index (χ1) is 7.59. The van der Waals surface area contributed by atoms with E-state index in [4.69, 9.17) is 0 Å². The Kier molecular flexibility index (Phi) is 3.67. The van der Waals surface area contributed by atoms with Crippen molar-refractivity contribution in [2.24, 2.45) is 22.7 Å². The zero-order valence-electron chi connectivity index (χ0n) is 12.8. The SMILES string of the molecule is CC(C)N1CC(C(C)C)(C(C)C)C(C)(C)C1=O. The summed E-state index contributed by atoms with van der Waals surface area (Å²) in [5.74, 6) is 1.37. The molecule has 100 valence electrons. The van der Waals surface area contributed by atoms with E-state index in [1.165, 1.54) is 0 Å². The van der Waals surface area contributed by atoms with Crippen molar-refractivity contribution in [1.29, 1.82) is 0 Å². The van der Waals surface area contributed by atoms with Gasteiger partial charge in [-0.05, 0) is 25.7 Å². The van der Waals surface area contributed by atoms with Gasteiger partial charge in [-0.1, -0.05) is 41.5 Å². The monoisotopic (exact) mass is 239 g/mol. The molecule has 1 aliphatic rings. The fourth-order valence-corrected chi connectivity index (χ4v) is 4.00. The van der Waals surface area contributed by atoms with E-state index in [2.05, 4.69) is 60.3 Å². The van der Waals surface area contributed by atoms with Crippen LogP contribution in [0.25, 0.3) is 0 Å². The third-order valence-electron chi connectivity index (χ3n) is 5.07. The summed E-state index contributed by atoms with van der Waals surface area (Å²) in [6.07, 6.45) is 0. The first-order valence-electron chi connectivity index (χ1n) is 6.90. The molecule has 0 bridgehead atoms. The average Bonchev–Trinajstić information content (AvgIpc) is 2.36. The Morgan fingerprint density at radius 2 is 1.41 bits per heavy atom. The summed E-state index contributed by atoms with van der Waals surface area (Å²) in [6.45, 7) is 18.5. The van der Waals surface area contributed by atoms with E-state index < -0.39 is 0 Å². The zero-order chi connectivity index (χ0) is 13.6. The summed E-state index contributed by atoms with van der Waals surface area (Å²) in [6, 6.07) is 0.307.